The number of benzene rings is 1. The first-order valence-electron chi connectivity index (χ1n) is 9.25. The van der Waals surface area contributed by atoms with Gasteiger partial charge in [-0.3, -0.25) is 0 Å². The van der Waals surface area contributed by atoms with Crippen LogP contribution in [-0.2, 0) is 10.8 Å². The van der Waals surface area contributed by atoms with E-state index in [1.165, 1.54) is 5.56 Å². The van der Waals surface area contributed by atoms with E-state index >= 15 is 0 Å². The van der Waals surface area contributed by atoms with Crippen molar-refractivity contribution in [3.63, 3.8) is 0 Å². The van der Waals surface area contributed by atoms with E-state index in [1.54, 1.807) is 0 Å². The van der Waals surface area contributed by atoms with Crippen LogP contribution in [0.2, 0.25) is 0 Å². The summed E-state index contributed by atoms with van der Waals surface area (Å²) in [5.74, 6) is 2.34. The molecule has 0 amide bonds. The molecule has 1 N–H and O–H groups in total. The topological polar surface area (TPSA) is 29.5 Å². The van der Waals surface area contributed by atoms with E-state index in [0.717, 1.165) is 23.3 Å². The first-order valence-corrected chi connectivity index (χ1v) is 9.25. The lowest BCUT2D eigenvalue weighted by molar-refractivity contribution is 0.0625. The molecule has 1 heterocycles. The standard InChI is InChI=1S/C22H36O2/c1-13(2)14-12-22(9,10)24-16-11-15(20(3,4)5)19(23)18(17(14)16)21(6,7)8/h11,13-14,23H,12H2,1-10H3. The normalized spacial score (nSPS) is 20.7. The van der Waals surface area contributed by atoms with E-state index in [4.69, 9.17) is 4.74 Å². The van der Waals surface area contributed by atoms with Crippen LogP contribution in [0.25, 0.3) is 0 Å². The van der Waals surface area contributed by atoms with Gasteiger partial charge in [0, 0.05) is 16.7 Å². The van der Waals surface area contributed by atoms with Crippen LogP contribution >= 0.6 is 0 Å². The monoisotopic (exact) mass is 332 g/mol. The molecule has 0 radical (unpaired) electrons. The van der Waals surface area contributed by atoms with E-state index < -0.39 is 0 Å². The highest BCUT2D eigenvalue weighted by molar-refractivity contribution is 5.60. The van der Waals surface area contributed by atoms with Gasteiger partial charge in [0.25, 0.3) is 0 Å². The summed E-state index contributed by atoms with van der Waals surface area (Å²) in [7, 11) is 0. The zero-order chi connectivity index (χ0) is 18.7. The third kappa shape index (κ3) is 3.43. The summed E-state index contributed by atoms with van der Waals surface area (Å²) in [6, 6.07) is 2.09. The van der Waals surface area contributed by atoms with E-state index in [9.17, 15) is 5.11 Å². The van der Waals surface area contributed by atoms with E-state index in [1.807, 2.05) is 0 Å². The molecule has 0 saturated carbocycles. The molecule has 1 unspecified atom stereocenters. The van der Waals surface area contributed by atoms with Crippen molar-refractivity contribution in [2.45, 2.75) is 98.0 Å². The van der Waals surface area contributed by atoms with Crippen molar-refractivity contribution in [1.29, 1.82) is 0 Å². The van der Waals surface area contributed by atoms with Gasteiger partial charge >= 0.3 is 0 Å². The van der Waals surface area contributed by atoms with Crippen molar-refractivity contribution in [3.8, 4) is 11.5 Å². The predicted molar refractivity (Wildman–Crippen MR) is 102 cm³/mol. The molecular formula is C22H36O2. The summed E-state index contributed by atoms with van der Waals surface area (Å²) in [6.07, 6.45) is 0.981. The fourth-order valence-electron chi connectivity index (χ4n) is 3.99. The summed E-state index contributed by atoms with van der Waals surface area (Å²) in [5, 5.41) is 11.2. The highest BCUT2D eigenvalue weighted by Gasteiger charge is 2.41. The van der Waals surface area contributed by atoms with Crippen molar-refractivity contribution < 1.29 is 9.84 Å². The Morgan fingerprint density at radius 1 is 1.08 bits per heavy atom. The maximum absolute atomic E-state index is 11.2. The number of fused-ring (bicyclic) bond motifs is 1. The second kappa shape index (κ2) is 5.68. The summed E-state index contributed by atoms with van der Waals surface area (Å²) in [4.78, 5) is 0. The Morgan fingerprint density at radius 3 is 2.04 bits per heavy atom. The molecule has 0 spiro atoms. The smallest absolute Gasteiger partial charge is 0.124 e. The van der Waals surface area contributed by atoms with Crippen molar-refractivity contribution >= 4 is 0 Å². The fraction of sp³-hybridized carbons (Fsp3) is 0.727. The third-order valence-electron chi connectivity index (χ3n) is 5.13. The first-order chi connectivity index (χ1) is 10.6. The van der Waals surface area contributed by atoms with Crippen LogP contribution < -0.4 is 4.74 Å². The molecule has 24 heavy (non-hydrogen) atoms. The van der Waals surface area contributed by atoms with Crippen molar-refractivity contribution in [1.82, 2.24) is 0 Å². The fourth-order valence-corrected chi connectivity index (χ4v) is 3.99. The Hall–Kier alpha value is -1.18. The zero-order valence-corrected chi connectivity index (χ0v) is 17.3. The van der Waals surface area contributed by atoms with Gasteiger partial charge in [-0.05, 0) is 49.0 Å². The number of ether oxygens (including phenoxy) is 1. The lowest BCUT2D eigenvalue weighted by Gasteiger charge is -2.43. The minimum atomic E-state index is -0.177. The zero-order valence-electron chi connectivity index (χ0n) is 17.3. The molecule has 136 valence electrons. The Balaban J connectivity index is 2.88. The van der Waals surface area contributed by atoms with Crippen molar-refractivity contribution in [3.05, 3.63) is 22.8 Å². The van der Waals surface area contributed by atoms with Gasteiger partial charge in [-0.2, -0.15) is 0 Å². The first kappa shape index (κ1) is 19.1. The summed E-state index contributed by atoms with van der Waals surface area (Å²) >= 11 is 0. The van der Waals surface area contributed by atoms with Crippen molar-refractivity contribution in [2.24, 2.45) is 5.92 Å². The number of phenols is 1. The minimum absolute atomic E-state index is 0.128. The predicted octanol–water partition coefficient (Wildman–Crippen LogP) is 6.29. The van der Waals surface area contributed by atoms with Crippen LogP contribution in [0.4, 0.5) is 0 Å². The number of hydrogen-bond acceptors (Lipinski definition) is 2. The Bertz CT molecular complexity index is 625. The molecule has 2 nitrogen and oxygen atoms in total. The summed E-state index contributed by atoms with van der Waals surface area (Å²) in [6.45, 7) is 21.9. The van der Waals surface area contributed by atoms with Crippen molar-refractivity contribution in [2.75, 3.05) is 0 Å². The number of phenolic OH excluding ortho intramolecular Hbond substituents is 1. The molecule has 2 rings (SSSR count). The molecule has 0 fully saturated rings. The maximum atomic E-state index is 11.2. The van der Waals surface area contributed by atoms with Crippen LogP contribution in [0.1, 0.15) is 98.3 Å². The molecule has 1 atom stereocenters. The second-order valence-corrected chi connectivity index (χ2v) is 10.5. The van der Waals surface area contributed by atoms with Crippen LogP contribution in [0.3, 0.4) is 0 Å². The molecule has 1 aromatic rings. The van der Waals surface area contributed by atoms with Gasteiger partial charge in [0.2, 0.25) is 0 Å². The lowest BCUT2D eigenvalue weighted by atomic mass is 9.69. The Kier molecular flexibility index (Phi) is 4.53. The molecule has 1 aliphatic rings. The Morgan fingerprint density at radius 2 is 1.62 bits per heavy atom. The van der Waals surface area contributed by atoms with E-state index in [2.05, 4.69) is 75.3 Å². The number of rotatable bonds is 1. The lowest BCUT2D eigenvalue weighted by Crippen LogP contribution is -2.38. The average Bonchev–Trinajstić information content (AvgIpc) is 2.33. The van der Waals surface area contributed by atoms with Crippen LogP contribution in [-0.4, -0.2) is 10.7 Å². The van der Waals surface area contributed by atoms with Gasteiger partial charge in [0.1, 0.15) is 17.1 Å². The minimum Gasteiger partial charge on any atom is -0.507 e. The third-order valence-corrected chi connectivity index (χ3v) is 5.13. The molecule has 1 aromatic carbocycles. The van der Waals surface area contributed by atoms with E-state index in [-0.39, 0.29) is 16.4 Å². The molecule has 0 bridgehead atoms. The quantitative estimate of drug-likeness (QED) is 0.655. The van der Waals surface area contributed by atoms with Crippen LogP contribution in [0.15, 0.2) is 6.07 Å². The van der Waals surface area contributed by atoms with Gasteiger partial charge < -0.3 is 9.84 Å². The van der Waals surface area contributed by atoms with Gasteiger partial charge in [-0.1, -0.05) is 55.4 Å². The van der Waals surface area contributed by atoms with Gasteiger partial charge in [-0.25, -0.2) is 0 Å². The molecule has 0 aromatic heterocycles. The second-order valence-electron chi connectivity index (χ2n) is 10.5. The largest absolute Gasteiger partial charge is 0.507 e. The highest BCUT2D eigenvalue weighted by Crippen LogP contribution is 2.53. The molecule has 1 aliphatic heterocycles. The van der Waals surface area contributed by atoms with Gasteiger partial charge in [0.15, 0.2) is 0 Å². The molecule has 2 heteroatoms. The van der Waals surface area contributed by atoms with Gasteiger partial charge in [0.05, 0.1) is 0 Å². The number of aromatic hydroxyl groups is 1. The maximum Gasteiger partial charge on any atom is 0.124 e. The summed E-state index contributed by atoms with van der Waals surface area (Å²) < 4.78 is 6.42. The van der Waals surface area contributed by atoms with Crippen LogP contribution in [0.5, 0.6) is 11.5 Å². The van der Waals surface area contributed by atoms with Gasteiger partial charge in [-0.15, -0.1) is 0 Å². The Labute approximate surface area is 148 Å². The molecular weight excluding hydrogens is 296 g/mol. The highest BCUT2D eigenvalue weighted by atomic mass is 16.5. The molecule has 0 aliphatic carbocycles. The number of hydrogen-bond donors (Lipinski definition) is 1. The summed E-state index contributed by atoms with van der Waals surface area (Å²) in [5.41, 5.74) is 2.83. The SMILES string of the molecule is CC(C)C1CC(C)(C)Oc2cc(C(C)(C)C)c(O)c(C(C)(C)C)c21. The average molecular weight is 333 g/mol. The van der Waals surface area contributed by atoms with E-state index in [0.29, 0.717) is 17.6 Å². The van der Waals surface area contributed by atoms with Crippen LogP contribution in [0, 0.1) is 5.92 Å². The molecule has 0 saturated heterocycles.